The Kier molecular flexibility index (Phi) is 4.34. The van der Waals surface area contributed by atoms with Gasteiger partial charge in [-0.1, -0.05) is 18.2 Å². The molecule has 136 valence electrons. The van der Waals surface area contributed by atoms with Crippen molar-refractivity contribution in [3.63, 3.8) is 0 Å². The molecule has 0 amide bonds. The number of fused-ring (bicyclic) bond motifs is 3. The third kappa shape index (κ3) is 2.89. The molecular formula is C22H15N3O3. The van der Waals surface area contributed by atoms with E-state index in [4.69, 9.17) is 4.74 Å². The summed E-state index contributed by atoms with van der Waals surface area (Å²) >= 11 is 0. The van der Waals surface area contributed by atoms with Crippen molar-refractivity contribution in [1.82, 2.24) is 9.55 Å². The molecule has 4 aromatic rings. The molecule has 0 aliphatic rings. The number of Topliss-reactive ketones (excluding diaryl/α,β-unsaturated/α-hetero) is 1. The molecule has 0 aliphatic carbocycles. The van der Waals surface area contributed by atoms with Crippen LogP contribution in [0.5, 0.6) is 5.75 Å². The lowest BCUT2D eigenvalue weighted by Crippen LogP contribution is -2.25. The van der Waals surface area contributed by atoms with Crippen molar-refractivity contribution in [2.24, 2.45) is 0 Å². The number of methoxy groups -OCH3 is 1. The van der Waals surface area contributed by atoms with Crippen LogP contribution in [0, 0.1) is 11.3 Å². The number of ketones is 1. The van der Waals surface area contributed by atoms with E-state index in [1.54, 1.807) is 49.7 Å². The molecule has 0 unspecified atom stereocenters. The number of pyridine rings is 2. The van der Waals surface area contributed by atoms with E-state index >= 15 is 0 Å². The van der Waals surface area contributed by atoms with Crippen molar-refractivity contribution >= 4 is 27.6 Å². The standard InChI is InChI=1S/C22H15N3O3/c1-28-17-7-4-14(5-8-17)19(26)13-25-20(27)11-16(12-23)18-9-6-15-3-2-10-24-21(15)22(18)25/h2-11H,13H2,1H3. The van der Waals surface area contributed by atoms with Crippen LogP contribution in [-0.4, -0.2) is 22.4 Å². The highest BCUT2D eigenvalue weighted by Gasteiger charge is 2.16. The highest BCUT2D eigenvalue weighted by atomic mass is 16.5. The lowest BCUT2D eigenvalue weighted by molar-refractivity contribution is 0.0972. The number of carbonyl (C=O) groups excluding carboxylic acids is 1. The summed E-state index contributed by atoms with van der Waals surface area (Å²) in [5.41, 5.74) is 1.39. The SMILES string of the molecule is COc1ccc(C(=O)Cn2c(=O)cc(C#N)c3ccc4cccnc4c32)cc1. The maximum Gasteiger partial charge on any atom is 0.252 e. The van der Waals surface area contributed by atoms with Gasteiger partial charge in [0.2, 0.25) is 0 Å². The van der Waals surface area contributed by atoms with Gasteiger partial charge in [-0.05, 0) is 30.3 Å². The minimum atomic E-state index is -0.413. The number of nitriles is 1. The molecule has 2 aromatic heterocycles. The zero-order valence-corrected chi connectivity index (χ0v) is 15.0. The molecule has 2 aromatic carbocycles. The van der Waals surface area contributed by atoms with Crippen LogP contribution in [0.2, 0.25) is 0 Å². The largest absolute Gasteiger partial charge is 0.497 e. The Labute approximate surface area is 160 Å². The summed E-state index contributed by atoms with van der Waals surface area (Å²) in [5, 5.41) is 10.9. The quantitative estimate of drug-likeness (QED) is 0.407. The van der Waals surface area contributed by atoms with Crippen LogP contribution in [0.1, 0.15) is 15.9 Å². The summed E-state index contributed by atoms with van der Waals surface area (Å²) in [6.45, 7) is -0.150. The smallest absolute Gasteiger partial charge is 0.252 e. The van der Waals surface area contributed by atoms with Crippen LogP contribution < -0.4 is 10.3 Å². The molecule has 0 saturated heterocycles. The lowest BCUT2D eigenvalue weighted by Gasteiger charge is -2.13. The molecule has 4 rings (SSSR count). The zero-order chi connectivity index (χ0) is 19.7. The van der Waals surface area contributed by atoms with Crippen LogP contribution in [0.4, 0.5) is 0 Å². The van der Waals surface area contributed by atoms with Gasteiger partial charge in [0, 0.05) is 28.6 Å². The molecule has 2 heterocycles. The van der Waals surface area contributed by atoms with E-state index in [2.05, 4.69) is 11.1 Å². The first-order valence-corrected chi connectivity index (χ1v) is 8.61. The van der Waals surface area contributed by atoms with E-state index in [0.717, 1.165) is 5.39 Å². The fourth-order valence-electron chi connectivity index (χ4n) is 3.27. The predicted octanol–water partition coefficient (Wildman–Crippen LogP) is 3.31. The molecule has 6 nitrogen and oxygen atoms in total. The van der Waals surface area contributed by atoms with E-state index in [9.17, 15) is 14.9 Å². The van der Waals surface area contributed by atoms with Gasteiger partial charge in [-0.15, -0.1) is 0 Å². The van der Waals surface area contributed by atoms with Gasteiger partial charge in [0.15, 0.2) is 5.78 Å². The van der Waals surface area contributed by atoms with Crippen molar-refractivity contribution in [2.75, 3.05) is 7.11 Å². The van der Waals surface area contributed by atoms with Crippen LogP contribution >= 0.6 is 0 Å². The number of hydrogen-bond acceptors (Lipinski definition) is 5. The fraction of sp³-hybridized carbons (Fsp3) is 0.0909. The van der Waals surface area contributed by atoms with E-state index in [-0.39, 0.29) is 17.9 Å². The van der Waals surface area contributed by atoms with Crippen molar-refractivity contribution < 1.29 is 9.53 Å². The Balaban J connectivity index is 1.92. The summed E-state index contributed by atoms with van der Waals surface area (Å²) in [6.07, 6.45) is 1.63. The molecule has 0 atom stereocenters. The number of nitrogens with zero attached hydrogens (tertiary/aromatic N) is 3. The number of benzene rings is 2. The molecule has 0 N–H and O–H groups in total. The number of hydrogen-bond donors (Lipinski definition) is 0. The minimum Gasteiger partial charge on any atom is -0.497 e. The summed E-state index contributed by atoms with van der Waals surface area (Å²) < 4.78 is 6.50. The number of aromatic nitrogens is 2. The minimum absolute atomic E-state index is 0.150. The molecule has 0 radical (unpaired) electrons. The van der Waals surface area contributed by atoms with Crippen molar-refractivity contribution in [1.29, 1.82) is 5.26 Å². The maximum atomic E-state index is 12.8. The zero-order valence-electron chi connectivity index (χ0n) is 15.0. The van der Waals surface area contributed by atoms with Crippen molar-refractivity contribution in [2.45, 2.75) is 6.54 Å². The molecule has 0 spiro atoms. The van der Waals surface area contributed by atoms with E-state index in [1.807, 2.05) is 12.1 Å². The first-order valence-electron chi connectivity index (χ1n) is 8.61. The molecule has 0 saturated carbocycles. The Bertz CT molecular complexity index is 1320. The number of ether oxygens (including phenoxy) is 1. The highest BCUT2D eigenvalue weighted by molar-refractivity contribution is 6.06. The third-order valence-electron chi connectivity index (χ3n) is 4.68. The molecule has 28 heavy (non-hydrogen) atoms. The third-order valence-corrected chi connectivity index (χ3v) is 4.68. The van der Waals surface area contributed by atoms with Crippen LogP contribution in [0.15, 0.2) is 65.6 Å². The van der Waals surface area contributed by atoms with Gasteiger partial charge in [-0.25, -0.2) is 0 Å². The second-order valence-electron chi connectivity index (χ2n) is 6.28. The molecule has 6 heteroatoms. The average molecular weight is 369 g/mol. The second kappa shape index (κ2) is 6.97. The van der Waals surface area contributed by atoms with Crippen LogP contribution in [-0.2, 0) is 6.54 Å². The van der Waals surface area contributed by atoms with E-state index in [1.165, 1.54) is 10.6 Å². The first kappa shape index (κ1) is 17.4. The average Bonchev–Trinajstić information content (AvgIpc) is 2.74. The molecular weight excluding hydrogens is 354 g/mol. The van der Waals surface area contributed by atoms with Gasteiger partial charge < -0.3 is 4.74 Å². The molecule has 0 fully saturated rings. The number of rotatable bonds is 4. The second-order valence-corrected chi connectivity index (χ2v) is 6.28. The number of carbonyl (C=O) groups is 1. The summed E-state index contributed by atoms with van der Waals surface area (Å²) in [7, 11) is 1.55. The molecule has 0 aliphatic heterocycles. The Morgan fingerprint density at radius 3 is 2.68 bits per heavy atom. The van der Waals surface area contributed by atoms with Gasteiger partial charge in [0.05, 0.1) is 30.3 Å². The maximum absolute atomic E-state index is 12.8. The van der Waals surface area contributed by atoms with Crippen molar-refractivity contribution in [3.8, 4) is 11.8 Å². The Hall–Kier alpha value is -3.98. The van der Waals surface area contributed by atoms with Gasteiger partial charge >= 0.3 is 0 Å². The summed E-state index contributed by atoms with van der Waals surface area (Å²) in [6, 6.07) is 17.4. The van der Waals surface area contributed by atoms with Crippen LogP contribution in [0.25, 0.3) is 21.8 Å². The highest BCUT2D eigenvalue weighted by Crippen LogP contribution is 2.25. The fourth-order valence-corrected chi connectivity index (χ4v) is 3.27. The van der Waals surface area contributed by atoms with Gasteiger partial charge in [0.25, 0.3) is 5.56 Å². The molecule has 0 bridgehead atoms. The van der Waals surface area contributed by atoms with Crippen LogP contribution in [0.3, 0.4) is 0 Å². The summed E-state index contributed by atoms with van der Waals surface area (Å²) in [5.74, 6) is 0.427. The Morgan fingerprint density at radius 1 is 1.18 bits per heavy atom. The van der Waals surface area contributed by atoms with E-state index in [0.29, 0.717) is 27.7 Å². The van der Waals surface area contributed by atoms with Crippen molar-refractivity contribution in [3.05, 3.63) is 82.3 Å². The van der Waals surface area contributed by atoms with E-state index < -0.39 is 5.56 Å². The van der Waals surface area contributed by atoms with Gasteiger partial charge in [-0.2, -0.15) is 5.26 Å². The monoisotopic (exact) mass is 369 g/mol. The Morgan fingerprint density at radius 2 is 1.96 bits per heavy atom. The topological polar surface area (TPSA) is 85.0 Å². The first-order chi connectivity index (χ1) is 13.6. The lowest BCUT2D eigenvalue weighted by atomic mass is 10.1. The van der Waals surface area contributed by atoms with Gasteiger partial charge in [0.1, 0.15) is 11.8 Å². The van der Waals surface area contributed by atoms with Gasteiger partial charge in [-0.3, -0.25) is 19.1 Å². The normalized spacial score (nSPS) is 10.7. The predicted molar refractivity (Wildman–Crippen MR) is 106 cm³/mol. The summed E-state index contributed by atoms with van der Waals surface area (Å²) in [4.78, 5) is 29.9.